The van der Waals surface area contributed by atoms with Crippen LogP contribution in [0.1, 0.15) is 0 Å². The summed E-state index contributed by atoms with van der Waals surface area (Å²) in [7, 11) is 0. The van der Waals surface area contributed by atoms with Crippen molar-refractivity contribution in [2.24, 2.45) is 0 Å². The van der Waals surface area contributed by atoms with E-state index in [-0.39, 0.29) is 10.8 Å². The van der Waals surface area contributed by atoms with Gasteiger partial charge in [-0.15, -0.1) is 0 Å². The van der Waals surface area contributed by atoms with Crippen LogP contribution in [0.25, 0.3) is 11.3 Å². The molecule has 0 saturated carbocycles. The maximum atomic E-state index is 13.2. The molecule has 0 saturated heterocycles. The first-order valence-corrected chi connectivity index (χ1v) is 4.50. The fraction of sp³-hybridized carbons (Fsp3) is 0. The SMILES string of the molecule is Nc1c(-c2ccc(Cl)c(F)c2)ncn1N. The number of hydrogen-bond acceptors (Lipinski definition) is 3. The van der Waals surface area contributed by atoms with E-state index in [0.717, 1.165) is 0 Å². The Bertz CT molecular complexity index is 509. The zero-order chi connectivity index (χ0) is 11.0. The molecule has 0 unspecified atom stereocenters. The number of nitrogens with two attached hydrogens (primary N) is 2. The van der Waals surface area contributed by atoms with Crippen molar-refractivity contribution in [3.63, 3.8) is 0 Å². The van der Waals surface area contributed by atoms with Crippen molar-refractivity contribution < 1.29 is 4.39 Å². The van der Waals surface area contributed by atoms with Crippen LogP contribution >= 0.6 is 11.6 Å². The lowest BCUT2D eigenvalue weighted by molar-refractivity contribution is 0.628. The van der Waals surface area contributed by atoms with Gasteiger partial charge in [0.15, 0.2) is 0 Å². The Morgan fingerprint density at radius 2 is 2.13 bits per heavy atom. The third-order valence-electron chi connectivity index (χ3n) is 2.03. The van der Waals surface area contributed by atoms with Crippen LogP contribution < -0.4 is 11.6 Å². The Morgan fingerprint density at radius 3 is 2.67 bits per heavy atom. The van der Waals surface area contributed by atoms with Gasteiger partial charge in [-0.05, 0) is 12.1 Å². The molecule has 0 bridgehead atoms. The van der Waals surface area contributed by atoms with Gasteiger partial charge in [0.25, 0.3) is 0 Å². The van der Waals surface area contributed by atoms with Crippen LogP contribution in [0.4, 0.5) is 10.2 Å². The zero-order valence-corrected chi connectivity index (χ0v) is 8.37. The van der Waals surface area contributed by atoms with E-state index in [0.29, 0.717) is 11.3 Å². The Morgan fingerprint density at radius 1 is 1.40 bits per heavy atom. The molecule has 0 radical (unpaired) electrons. The Labute approximate surface area is 90.2 Å². The lowest BCUT2D eigenvalue weighted by Crippen LogP contribution is -2.09. The Balaban J connectivity index is 2.55. The van der Waals surface area contributed by atoms with E-state index in [4.69, 9.17) is 23.2 Å². The van der Waals surface area contributed by atoms with Gasteiger partial charge in [0.2, 0.25) is 0 Å². The van der Waals surface area contributed by atoms with E-state index >= 15 is 0 Å². The highest BCUT2D eigenvalue weighted by Crippen LogP contribution is 2.26. The number of halogens is 2. The van der Waals surface area contributed by atoms with Gasteiger partial charge in [-0.2, -0.15) is 0 Å². The number of aromatic nitrogens is 2. The number of nitrogen functional groups attached to an aromatic ring is 2. The van der Waals surface area contributed by atoms with Crippen LogP contribution in [0.2, 0.25) is 5.02 Å². The van der Waals surface area contributed by atoms with Crippen molar-refractivity contribution in [3.8, 4) is 11.3 Å². The standard InChI is InChI=1S/C9H8ClFN4/c10-6-2-1-5(3-7(6)11)8-9(12)15(13)4-14-8/h1-4H,12-13H2. The smallest absolute Gasteiger partial charge is 0.150 e. The third kappa shape index (κ3) is 1.61. The summed E-state index contributed by atoms with van der Waals surface area (Å²) >= 11 is 5.56. The predicted octanol–water partition coefficient (Wildman–Crippen LogP) is 1.64. The molecule has 4 N–H and O–H groups in total. The second-order valence-corrected chi connectivity index (χ2v) is 3.42. The Hall–Kier alpha value is -1.75. The molecule has 0 atom stereocenters. The van der Waals surface area contributed by atoms with Crippen LogP contribution in [0, 0.1) is 5.82 Å². The number of rotatable bonds is 1. The molecule has 0 aliphatic rings. The molecular weight excluding hydrogens is 219 g/mol. The summed E-state index contributed by atoms with van der Waals surface area (Å²) in [4.78, 5) is 3.96. The summed E-state index contributed by atoms with van der Waals surface area (Å²) < 4.78 is 14.3. The molecule has 15 heavy (non-hydrogen) atoms. The van der Waals surface area contributed by atoms with E-state index < -0.39 is 5.82 Å². The maximum Gasteiger partial charge on any atom is 0.150 e. The average Bonchev–Trinajstić information content (AvgIpc) is 2.53. The summed E-state index contributed by atoms with van der Waals surface area (Å²) in [5, 5.41) is 0.0597. The minimum absolute atomic E-state index is 0.0597. The van der Waals surface area contributed by atoms with Crippen LogP contribution in [0.15, 0.2) is 24.5 Å². The zero-order valence-electron chi connectivity index (χ0n) is 7.61. The molecule has 0 aliphatic heterocycles. The molecular formula is C9H8ClFN4. The van der Waals surface area contributed by atoms with Crippen LogP contribution in [-0.2, 0) is 0 Å². The monoisotopic (exact) mass is 226 g/mol. The summed E-state index contributed by atoms with van der Waals surface area (Å²) in [6.45, 7) is 0. The van der Waals surface area contributed by atoms with Gasteiger partial charge < -0.3 is 11.6 Å². The Kier molecular flexibility index (Phi) is 2.24. The predicted molar refractivity (Wildman–Crippen MR) is 57.2 cm³/mol. The van der Waals surface area contributed by atoms with Gasteiger partial charge in [-0.1, -0.05) is 17.7 Å². The topological polar surface area (TPSA) is 69.9 Å². The highest BCUT2D eigenvalue weighted by atomic mass is 35.5. The maximum absolute atomic E-state index is 13.2. The van der Waals surface area contributed by atoms with Crippen molar-refractivity contribution in [2.75, 3.05) is 11.6 Å². The molecule has 2 rings (SSSR count). The number of hydrogen-bond donors (Lipinski definition) is 2. The van der Waals surface area contributed by atoms with E-state index in [9.17, 15) is 4.39 Å². The fourth-order valence-corrected chi connectivity index (χ4v) is 1.35. The molecule has 2 aromatic rings. The second-order valence-electron chi connectivity index (χ2n) is 3.01. The van der Waals surface area contributed by atoms with Gasteiger partial charge in [-0.25, -0.2) is 14.1 Å². The first-order valence-electron chi connectivity index (χ1n) is 4.13. The van der Waals surface area contributed by atoms with Crippen LogP contribution in [0.5, 0.6) is 0 Å². The van der Waals surface area contributed by atoms with Crippen molar-refractivity contribution in [2.45, 2.75) is 0 Å². The van der Waals surface area contributed by atoms with Gasteiger partial charge in [0.1, 0.15) is 23.7 Å². The molecule has 0 spiro atoms. The number of imidazole rings is 1. The minimum atomic E-state index is -0.514. The van der Waals surface area contributed by atoms with Crippen molar-refractivity contribution >= 4 is 17.4 Å². The van der Waals surface area contributed by atoms with Crippen molar-refractivity contribution in [3.05, 3.63) is 35.4 Å². The largest absolute Gasteiger partial charge is 0.382 e. The first-order chi connectivity index (χ1) is 7.09. The number of nitrogens with zero attached hydrogens (tertiary/aromatic N) is 2. The third-order valence-corrected chi connectivity index (χ3v) is 2.33. The summed E-state index contributed by atoms with van der Waals surface area (Å²) in [6, 6.07) is 4.34. The molecule has 1 aromatic carbocycles. The lowest BCUT2D eigenvalue weighted by atomic mass is 10.1. The minimum Gasteiger partial charge on any atom is -0.382 e. The molecule has 4 nitrogen and oxygen atoms in total. The highest BCUT2D eigenvalue weighted by Gasteiger charge is 2.10. The molecule has 0 amide bonds. The van der Waals surface area contributed by atoms with Crippen molar-refractivity contribution in [1.82, 2.24) is 9.66 Å². The van der Waals surface area contributed by atoms with E-state index in [2.05, 4.69) is 4.98 Å². The normalized spacial score (nSPS) is 10.5. The molecule has 78 valence electrons. The van der Waals surface area contributed by atoms with Gasteiger partial charge in [0, 0.05) is 5.56 Å². The highest BCUT2D eigenvalue weighted by molar-refractivity contribution is 6.30. The quantitative estimate of drug-likeness (QED) is 0.727. The van der Waals surface area contributed by atoms with Gasteiger partial charge >= 0.3 is 0 Å². The van der Waals surface area contributed by atoms with E-state index in [1.54, 1.807) is 6.07 Å². The van der Waals surface area contributed by atoms with Gasteiger partial charge in [-0.3, -0.25) is 0 Å². The molecule has 1 aromatic heterocycles. The molecule has 1 heterocycles. The van der Waals surface area contributed by atoms with Crippen molar-refractivity contribution in [1.29, 1.82) is 0 Å². The summed E-state index contributed by atoms with van der Waals surface area (Å²) in [6.07, 6.45) is 1.36. The van der Waals surface area contributed by atoms with E-state index in [1.165, 1.54) is 23.1 Å². The van der Waals surface area contributed by atoms with Crippen LogP contribution in [0.3, 0.4) is 0 Å². The second kappa shape index (κ2) is 3.43. The van der Waals surface area contributed by atoms with E-state index in [1.807, 2.05) is 0 Å². The number of anilines is 1. The molecule has 0 aliphatic carbocycles. The average molecular weight is 227 g/mol. The first kappa shape index (κ1) is 9.79. The fourth-order valence-electron chi connectivity index (χ4n) is 1.24. The molecule has 6 heteroatoms. The summed E-state index contributed by atoms with van der Waals surface area (Å²) in [5.41, 5.74) is 6.62. The van der Waals surface area contributed by atoms with Gasteiger partial charge in [0.05, 0.1) is 5.02 Å². The number of benzene rings is 1. The van der Waals surface area contributed by atoms with Crippen LogP contribution in [-0.4, -0.2) is 9.66 Å². The summed E-state index contributed by atoms with van der Waals surface area (Å²) in [5.74, 6) is 5.22. The molecule has 0 fully saturated rings. The lowest BCUT2D eigenvalue weighted by Gasteiger charge is -2.01.